The molecule has 0 radical (unpaired) electrons. The lowest BCUT2D eigenvalue weighted by molar-refractivity contribution is 0.943. The second-order valence-corrected chi connectivity index (χ2v) is 4.93. The molecule has 0 N–H and O–H groups in total. The van der Waals surface area contributed by atoms with Gasteiger partial charge >= 0.3 is 0 Å². The highest BCUT2D eigenvalue weighted by Gasteiger charge is 2.13. The van der Waals surface area contributed by atoms with Gasteiger partial charge in [0.15, 0.2) is 0 Å². The minimum Gasteiger partial charge on any atom is -0.373 e. The first-order valence-electron chi connectivity index (χ1n) is 3.91. The first kappa shape index (κ1) is 8.45. The van der Waals surface area contributed by atoms with Gasteiger partial charge in [-0.3, -0.25) is 0 Å². The average molecular weight is 244 g/mol. The molecule has 1 aromatic rings. The number of benzene rings is 1. The summed E-state index contributed by atoms with van der Waals surface area (Å²) in [6, 6.07) is 6.46. The van der Waals surface area contributed by atoms with Gasteiger partial charge < -0.3 is 4.90 Å². The van der Waals surface area contributed by atoms with Gasteiger partial charge in [-0.25, -0.2) is 0 Å². The Kier molecular flexibility index (Phi) is 2.33. The molecule has 0 saturated carbocycles. The van der Waals surface area contributed by atoms with Crippen molar-refractivity contribution in [3.8, 4) is 0 Å². The van der Waals surface area contributed by atoms with Crippen molar-refractivity contribution in [3.63, 3.8) is 0 Å². The molecule has 1 aliphatic heterocycles. The van der Waals surface area contributed by atoms with E-state index in [-0.39, 0.29) is 0 Å². The van der Waals surface area contributed by atoms with E-state index in [1.54, 1.807) is 0 Å². The fraction of sp³-hybridized carbons (Fsp3) is 0.333. The largest absolute Gasteiger partial charge is 0.373 e. The van der Waals surface area contributed by atoms with Gasteiger partial charge in [0.05, 0.1) is 5.69 Å². The standard InChI is InChI=1S/C9H10BrNS/c1-11-4-5-12-9-3-2-7(10)6-8(9)11/h2-3,6H,4-5H2,1H3. The summed E-state index contributed by atoms with van der Waals surface area (Å²) in [5, 5.41) is 0. The fourth-order valence-corrected chi connectivity index (χ4v) is 2.78. The molecule has 0 aliphatic carbocycles. The van der Waals surface area contributed by atoms with E-state index >= 15 is 0 Å². The topological polar surface area (TPSA) is 3.24 Å². The van der Waals surface area contributed by atoms with Gasteiger partial charge in [-0.1, -0.05) is 15.9 Å². The number of thioether (sulfide) groups is 1. The third-order valence-corrected chi connectivity index (χ3v) is 3.55. The number of nitrogens with zero attached hydrogens (tertiary/aromatic N) is 1. The Morgan fingerprint density at radius 2 is 2.33 bits per heavy atom. The Bertz CT molecular complexity index is 301. The lowest BCUT2D eigenvalue weighted by Gasteiger charge is -2.26. The Balaban J connectivity index is 2.47. The zero-order valence-electron chi connectivity index (χ0n) is 6.88. The number of anilines is 1. The smallest absolute Gasteiger partial charge is 0.0513 e. The molecule has 1 nitrogen and oxygen atoms in total. The van der Waals surface area contributed by atoms with E-state index in [1.165, 1.54) is 16.3 Å². The van der Waals surface area contributed by atoms with Crippen molar-refractivity contribution in [1.82, 2.24) is 0 Å². The van der Waals surface area contributed by atoms with Crippen LogP contribution >= 0.6 is 27.7 Å². The van der Waals surface area contributed by atoms with Gasteiger partial charge in [-0.05, 0) is 18.2 Å². The van der Waals surface area contributed by atoms with Crippen LogP contribution in [-0.2, 0) is 0 Å². The summed E-state index contributed by atoms with van der Waals surface area (Å²) in [5.74, 6) is 1.20. The third kappa shape index (κ3) is 1.48. The molecule has 3 heteroatoms. The molecule has 2 rings (SSSR count). The van der Waals surface area contributed by atoms with E-state index in [0.29, 0.717) is 0 Å². The van der Waals surface area contributed by atoms with Crippen molar-refractivity contribution in [3.05, 3.63) is 22.7 Å². The van der Waals surface area contributed by atoms with E-state index in [2.05, 4.69) is 46.1 Å². The van der Waals surface area contributed by atoms with E-state index in [0.717, 1.165) is 11.0 Å². The minimum atomic E-state index is 1.15. The molecule has 0 spiro atoms. The van der Waals surface area contributed by atoms with E-state index in [9.17, 15) is 0 Å². The summed E-state index contributed by atoms with van der Waals surface area (Å²) in [5.41, 5.74) is 1.35. The van der Waals surface area contributed by atoms with Crippen molar-refractivity contribution >= 4 is 33.4 Å². The fourth-order valence-electron chi connectivity index (χ4n) is 1.32. The minimum absolute atomic E-state index is 1.15. The van der Waals surface area contributed by atoms with Crippen molar-refractivity contribution in [1.29, 1.82) is 0 Å². The van der Waals surface area contributed by atoms with Crippen LogP contribution in [0.25, 0.3) is 0 Å². The van der Waals surface area contributed by atoms with Crippen LogP contribution < -0.4 is 4.90 Å². The lowest BCUT2D eigenvalue weighted by atomic mass is 10.3. The summed E-state index contributed by atoms with van der Waals surface area (Å²) in [4.78, 5) is 3.70. The normalized spacial score (nSPS) is 16.0. The van der Waals surface area contributed by atoms with Gasteiger partial charge in [0, 0.05) is 28.7 Å². The summed E-state index contributed by atoms with van der Waals surface area (Å²) in [6.07, 6.45) is 0. The zero-order chi connectivity index (χ0) is 8.55. The van der Waals surface area contributed by atoms with Crippen molar-refractivity contribution < 1.29 is 0 Å². The number of rotatable bonds is 0. The Morgan fingerprint density at radius 1 is 1.50 bits per heavy atom. The maximum Gasteiger partial charge on any atom is 0.0513 e. The van der Waals surface area contributed by atoms with Crippen LogP contribution in [0.5, 0.6) is 0 Å². The molecule has 1 aliphatic rings. The second kappa shape index (κ2) is 3.30. The lowest BCUT2D eigenvalue weighted by Crippen LogP contribution is -2.23. The summed E-state index contributed by atoms with van der Waals surface area (Å²) < 4.78 is 1.16. The highest BCUT2D eigenvalue weighted by Crippen LogP contribution is 2.35. The zero-order valence-corrected chi connectivity index (χ0v) is 9.28. The maximum atomic E-state index is 3.48. The van der Waals surface area contributed by atoms with Crippen molar-refractivity contribution in [2.45, 2.75) is 4.90 Å². The van der Waals surface area contributed by atoms with Crippen LogP contribution in [-0.4, -0.2) is 19.3 Å². The van der Waals surface area contributed by atoms with Crippen LogP contribution in [0.3, 0.4) is 0 Å². The molecule has 64 valence electrons. The molecule has 12 heavy (non-hydrogen) atoms. The molecule has 0 aromatic heterocycles. The predicted molar refractivity (Wildman–Crippen MR) is 58.1 cm³/mol. The summed E-state index contributed by atoms with van der Waals surface area (Å²) in [6.45, 7) is 1.15. The molecule has 0 amide bonds. The molecule has 0 fully saturated rings. The first-order valence-corrected chi connectivity index (χ1v) is 5.69. The molecule has 1 heterocycles. The Labute approximate surface area is 85.3 Å². The molecule has 0 saturated heterocycles. The Morgan fingerprint density at radius 3 is 3.17 bits per heavy atom. The van der Waals surface area contributed by atoms with E-state index < -0.39 is 0 Å². The van der Waals surface area contributed by atoms with Gasteiger partial charge in [0.2, 0.25) is 0 Å². The maximum absolute atomic E-state index is 3.48. The van der Waals surface area contributed by atoms with Crippen molar-refractivity contribution in [2.75, 3.05) is 24.2 Å². The number of fused-ring (bicyclic) bond motifs is 1. The highest BCUT2D eigenvalue weighted by atomic mass is 79.9. The van der Waals surface area contributed by atoms with Crippen LogP contribution in [0.2, 0.25) is 0 Å². The number of hydrogen-bond acceptors (Lipinski definition) is 2. The van der Waals surface area contributed by atoms with Crippen LogP contribution in [0.15, 0.2) is 27.6 Å². The molecule has 0 bridgehead atoms. The molecule has 0 atom stereocenters. The van der Waals surface area contributed by atoms with Gasteiger partial charge in [-0.2, -0.15) is 0 Å². The van der Waals surface area contributed by atoms with Crippen LogP contribution in [0, 0.1) is 0 Å². The molecular weight excluding hydrogens is 234 g/mol. The van der Waals surface area contributed by atoms with Crippen LogP contribution in [0.4, 0.5) is 5.69 Å². The Hall–Kier alpha value is -0.150. The quantitative estimate of drug-likeness (QED) is 0.690. The monoisotopic (exact) mass is 243 g/mol. The van der Waals surface area contributed by atoms with Crippen LogP contribution in [0.1, 0.15) is 0 Å². The average Bonchev–Trinajstić information content (AvgIpc) is 2.07. The summed E-state index contributed by atoms with van der Waals surface area (Å²) in [7, 11) is 2.14. The summed E-state index contributed by atoms with van der Waals surface area (Å²) >= 11 is 5.42. The second-order valence-electron chi connectivity index (χ2n) is 2.88. The van der Waals surface area contributed by atoms with E-state index in [4.69, 9.17) is 0 Å². The number of halogens is 1. The van der Waals surface area contributed by atoms with Crippen molar-refractivity contribution in [2.24, 2.45) is 0 Å². The van der Waals surface area contributed by atoms with Gasteiger partial charge in [0.1, 0.15) is 0 Å². The van der Waals surface area contributed by atoms with E-state index in [1.807, 2.05) is 11.8 Å². The molecule has 1 aromatic carbocycles. The molecular formula is C9H10BrNS. The van der Waals surface area contributed by atoms with Gasteiger partial charge in [-0.15, -0.1) is 11.8 Å². The third-order valence-electron chi connectivity index (χ3n) is 2.02. The SMILES string of the molecule is CN1CCSc2ccc(Br)cc21. The van der Waals surface area contributed by atoms with Gasteiger partial charge in [0.25, 0.3) is 0 Å². The predicted octanol–water partition coefficient (Wildman–Crippen LogP) is 2.99. The first-order chi connectivity index (χ1) is 5.77. The molecule has 0 unspecified atom stereocenters. The highest BCUT2D eigenvalue weighted by molar-refractivity contribution is 9.10. The number of hydrogen-bond donors (Lipinski definition) is 0.